The second kappa shape index (κ2) is 11.0. The van der Waals surface area contributed by atoms with Crippen molar-refractivity contribution in [1.29, 1.82) is 5.26 Å². The van der Waals surface area contributed by atoms with Crippen LogP contribution in [0.1, 0.15) is 12.5 Å². The number of aromatic nitrogens is 1. The van der Waals surface area contributed by atoms with E-state index < -0.39 is 5.91 Å². The third-order valence-corrected chi connectivity index (χ3v) is 5.33. The van der Waals surface area contributed by atoms with Crippen LogP contribution in [0.2, 0.25) is 0 Å². The number of nitrogens with one attached hydrogen (secondary N) is 2. The first-order valence-electron chi connectivity index (χ1n) is 11.3. The summed E-state index contributed by atoms with van der Waals surface area (Å²) >= 11 is 0. The van der Waals surface area contributed by atoms with E-state index in [1.165, 1.54) is 30.3 Å². The summed E-state index contributed by atoms with van der Waals surface area (Å²) in [7, 11) is 0. The van der Waals surface area contributed by atoms with Gasteiger partial charge in [-0.3, -0.25) is 9.59 Å². The van der Waals surface area contributed by atoms with Crippen LogP contribution in [0.5, 0.6) is 5.75 Å². The molecule has 0 spiro atoms. The average molecular weight is 483 g/mol. The van der Waals surface area contributed by atoms with E-state index in [4.69, 9.17) is 4.74 Å². The first-order valence-corrected chi connectivity index (χ1v) is 11.3. The van der Waals surface area contributed by atoms with Crippen LogP contribution in [0.15, 0.2) is 84.6 Å². The second-order valence-electron chi connectivity index (χ2n) is 7.87. The summed E-state index contributed by atoms with van der Waals surface area (Å²) in [4.78, 5) is 25.4. The van der Waals surface area contributed by atoms with Gasteiger partial charge in [-0.15, -0.1) is 0 Å². The molecule has 0 fully saturated rings. The van der Waals surface area contributed by atoms with Crippen LogP contribution in [0, 0.1) is 17.1 Å². The van der Waals surface area contributed by atoms with Crippen LogP contribution < -0.4 is 15.4 Å². The molecule has 36 heavy (non-hydrogen) atoms. The Hall–Kier alpha value is -4.90. The van der Waals surface area contributed by atoms with E-state index in [1.807, 2.05) is 37.3 Å². The fraction of sp³-hybridized carbons (Fsp3) is 0.107. The lowest BCUT2D eigenvalue weighted by Gasteiger charge is -2.07. The van der Waals surface area contributed by atoms with Crippen molar-refractivity contribution in [2.75, 3.05) is 17.2 Å². The number of amides is 2. The molecule has 0 radical (unpaired) electrons. The highest BCUT2D eigenvalue weighted by Gasteiger charge is 2.14. The van der Waals surface area contributed by atoms with Gasteiger partial charge in [0.2, 0.25) is 5.91 Å². The number of halogens is 1. The molecule has 2 amide bonds. The Morgan fingerprint density at radius 3 is 2.56 bits per heavy atom. The fourth-order valence-corrected chi connectivity index (χ4v) is 3.74. The number of benzene rings is 3. The Kier molecular flexibility index (Phi) is 7.42. The van der Waals surface area contributed by atoms with Gasteiger partial charge < -0.3 is 19.9 Å². The van der Waals surface area contributed by atoms with E-state index >= 15 is 0 Å². The number of carbonyl (C=O) groups is 2. The van der Waals surface area contributed by atoms with Crippen molar-refractivity contribution in [3.05, 3.63) is 95.9 Å². The third-order valence-electron chi connectivity index (χ3n) is 5.33. The molecule has 8 heteroatoms. The summed E-state index contributed by atoms with van der Waals surface area (Å²) in [5.74, 6) is -0.637. The van der Waals surface area contributed by atoms with Gasteiger partial charge in [0.15, 0.2) is 0 Å². The van der Waals surface area contributed by atoms with Gasteiger partial charge in [-0.05, 0) is 55.5 Å². The van der Waals surface area contributed by atoms with Crippen LogP contribution in [0.25, 0.3) is 17.0 Å². The van der Waals surface area contributed by atoms with E-state index in [-0.39, 0.29) is 23.8 Å². The fourth-order valence-electron chi connectivity index (χ4n) is 3.74. The standard InChI is InChI=1S/C28H23FN4O3/c1-2-36-24-7-5-6-23(15-24)32-28(35)19(16-30)14-20-17-33(26-9-4-3-8-25(20)26)18-27(34)31-22-12-10-21(29)11-13-22/h3-15,17H,2,18H2,1H3,(H,31,34)(H,32,35). The molecule has 0 unspecified atom stereocenters. The van der Waals surface area contributed by atoms with E-state index in [2.05, 4.69) is 10.6 Å². The lowest BCUT2D eigenvalue weighted by atomic mass is 10.1. The number of hydrogen-bond donors (Lipinski definition) is 2. The number of carbonyl (C=O) groups excluding carboxylic acids is 2. The molecule has 0 saturated heterocycles. The minimum atomic E-state index is -0.558. The Balaban J connectivity index is 1.57. The maximum Gasteiger partial charge on any atom is 0.266 e. The highest BCUT2D eigenvalue weighted by molar-refractivity contribution is 6.11. The number of rotatable bonds is 8. The molecule has 180 valence electrons. The molecule has 1 aromatic heterocycles. The quantitative estimate of drug-likeness (QED) is 0.261. The van der Waals surface area contributed by atoms with Gasteiger partial charge in [0.1, 0.15) is 29.8 Å². The Morgan fingerprint density at radius 2 is 1.81 bits per heavy atom. The number of nitriles is 1. The van der Waals surface area contributed by atoms with Gasteiger partial charge in [-0.25, -0.2) is 4.39 Å². The molecule has 0 bridgehead atoms. The maximum absolute atomic E-state index is 13.1. The molecule has 0 atom stereocenters. The number of ether oxygens (including phenoxy) is 1. The average Bonchev–Trinajstić information content (AvgIpc) is 3.21. The second-order valence-corrected chi connectivity index (χ2v) is 7.87. The molecule has 4 rings (SSSR count). The molecule has 0 saturated carbocycles. The minimum Gasteiger partial charge on any atom is -0.494 e. The topological polar surface area (TPSA) is 96.2 Å². The normalized spacial score (nSPS) is 11.1. The predicted octanol–water partition coefficient (Wildman–Crippen LogP) is 5.36. The number of anilines is 2. The molecular formula is C28H23FN4O3. The molecule has 1 heterocycles. The summed E-state index contributed by atoms with van der Waals surface area (Å²) in [6.07, 6.45) is 3.22. The van der Waals surface area contributed by atoms with Crippen LogP contribution in [0.3, 0.4) is 0 Å². The van der Waals surface area contributed by atoms with Gasteiger partial charge in [0.25, 0.3) is 5.91 Å². The smallest absolute Gasteiger partial charge is 0.266 e. The largest absolute Gasteiger partial charge is 0.494 e. The summed E-state index contributed by atoms with van der Waals surface area (Å²) in [6, 6.07) is 21.8. The van der Waals surface area contributed by atoms with Crippen molar-refractivity contribution in [3.8, 4) is 11.8 Å². The van der Waals surface area contributed by atoms with Gasteiger partial charge in [-0.1, -0.05) is 24.3 Å². The number of fused-ring (bicyclic) bond motifs is 1. The summed E-state index contributed by atoms with van der Waals surface area (Å²) < 4.78 is 20.3. The van der Waals surface area contributed by atoms with Gasteiger partial charge in [0.05, 0.1) is 6.61 Å². The SMILES string of the molecule is CCOc1cccc(NC(=O)C(C#N)=Cc2cn(CC(=O)Nc3ccc(F)cc3)c3ccccc23)c1. The van der Waals surface area contributed by atoms with Gasteiger partial charge in [0, 0.05) is 40.1 Å². The number of nitrogens with zero attached hydrogens (tertiary/aromatic N) is 2. The van der Waals surface area contributed by atoms with Gasteiger partial charge >= 0.3 is 0 Å². The zero-order valence-corrected chi connectivity index (χ0v) is 19.5. The number of hydrogen-bond acceptors (Lipinski definition) is 4. The molecule has 2 N–H and O–H groups in total. The van der Waals surface area contributed by atoms with Crippen molar-refractivity contribution < 1.29 is 18.7 Å². The molecule has 4 aromatic rings. The summed E-state index contributed by atoms with van der Waals surface area (Å²) in [5, 5.41) is 15.9. The van der Waals surface area contributed by atoms with Crippen LogP contribution >= 0.6 is 0 Å². The van der Waals surface area contributed by atoms with Gasteiger partial charge in [-0.2, -0.15) is 5.26 Å². The molecule has 0 aliphatic heterocycles. The van der Waals surface area contributed by atoms with Crippen molar-refractivity contribution in [2.45, 2.75) is 13.5 Å². The van der Waals surface area contributed by atoms with E-state index in [9.17, 15) is 19.2 Å². The zero-order valence-electron chi connectivity index (χ0n) is 19.5. The molecule has 7 nitrogen and oxygen atoms in total. The highest BCUT2D eigenvalue weighted by Crippen LogP contribution is 2.25. The summed E-state index contributed by atoms with van der Waals surface area (Å²) in [5.41, 5.74) is 2.28. The lowest BCUT2D eigenvalue weighted by Crippen LogP contribution is -2.18. The van der Waals surface area contributed by atoms with E-state index in [0.29, 0.717) is 29.3 Å². The maximum atomic E-state index is 13.1. The van der Waals surface area contributed by atoms with Crippen LogP contribution in [-0.4, -0.2) is 23.0 Å². The van der Waals surface area contributed by atoms with Crippen LogP contribution in [-0.2, 0) is 16.1 Å². The van der Waals surface area contributed by atoms with Crippen molar-refractivity contribution in [1.82, 2.24) is 4.57 Å². The van der Waals surface area contributed by atoms with Crippen molar-refractivity contribution >= 4 is 40.2 Å². The van der Waals surface area contributed by atoms with E-state index in [0.717, 1.165) is 10.9 Å². The molecule has 3 aromatic carbocycles. The van der Waals surface area contributed by atoms with Crippen molar-refractivity contribution in [3.63, 3.8) is 0 Å². The first-order chi connectivity index (χ1) is 17.5. The summed E-state index contributed by atoms with van der Waals surface area (Å²) in [6.45, 7) is 2.35. The predicted molar refractivity (Wildman–Crippen MR) is 137 cm³/mol. The first kappa shape index (κ1) is 24.2. The third kappa shape index (κ3) is 5.77. The Morgan fingerprint density at radius 1 is 1.03 bits per heavy atom. The number of para-hydroxylation sites is 1. The van der Waals surface area contributed by atoms with Crippen LogP contribution in [0.4, 0.5) is 15.8 Å². The minimum absolute atomic E-state index is 0.00989. The molecular weight excluding hydrogens is 459 g/mol. The Labute approximate surface area is 207 Å². The monoisotopic (exact) mass is 482 g/mol. The lowest BCUT2D eigenvalue weighted by molar-refractivity contribution is -0.116. The van der Waals surface area contributed by atoms with E-state index in [1.54, 1.807) is 35.0 Å². The van der Waals surface area contributed by atoms with Crippen molar-refractivity contribution in [2.24, 2.45) is 0 Å². The molecule has 0 aliphatic rings. The zero-order chi connectivity index (χ0) is 25.5. The Bertz CT molecular complexity index is 1480. The highest BCUT2D eigenvalue weighted by atomic mass is 19.1. The molecule has 0 aliphatic carbocycles.